The minimum atomic E-state index is -3.86. The summed E-state index contributed by atoms with van der Waals surface area (Å²) in [6, 6.07) is 4.41. The van der Waals surface area contributed by atoms with Crippen LogP contribution < -0.4 is 9.64 Å². The molecule has 0 amide bonds. The molecule has 0 N–H and O–H groups in total. The summed E-state index contributed by atoms with van der Waals surface area (Å²) in [5, 5.41) is 4.35. The lowest BCUT2D eigenvalue weighted by atomic mass is 9.93. The van der Waals surface area contributed by atoms with Gasteiger partial charge in [0.15, 0.2) is 0 Å². The zero-order valence-corrected chi connectivity index (χ0v) is 14.8. The molecule has 1 aromatic heterocycles. The molecule has 1 fully saturated rings. The van der Waals surface area contributed by atoms with Gasteiger partial charge in [-0.25, -0.2) is 0 Å². The second-order valence-corrected chi connectivity index (χ2v) is 7.16. The van der Waals surface area contributed by atoms with Crippen LogP contribution in [0.15, 0.2) is 24.5 Å². The van der Waals surface area contributed by atoms with Crippen LogP contribution in [0.25, 0.3) is 11.1 Å². The van der Waals surface area contributed by atoms with Gasteiger partial charge in [0, 0.05) is 41.7 Å². The number of anilines is 1. The Morgan fingerprint density at radius 2 is 2.08 bits per heavy atom. The van der Waals surface area contributed by atoms with Crippen LogP contribution in [0, 0.1) is 0 Å². The molecular formula is C19H21F2N3O2. The quantitative estimate of drug-likeness (QED) is 0.760. The predicted octanol–water partition coefficient (Wildman–Crippen LogP) is 3.83. The first kappa shape index (κ1) is 17.0. The fraction of sp³-hybridized carbons (Fsp3) is 0.474. The van der Waals surface area contributed by atoms with E-state index in [1.54, 1.807) is 12.3 Å². The molecule has 2 aromatic rings. The van der Waals surface area contributed by atoms with Crippen molar-refractivity contribution in [2.75, 3.05) is 11.9 Å². The number of benzene rings is 1. The Kier molecular flexibility index (Phi) is 3.97. The summed E-state index contributed by atoms with van der Waals surface area (Å²) in [5.41, 5.74) is 2.83. The Labute approximate surface area is 150 Å². The van der Waals surface area contributed by atoms with E-state index in [0.29, 0.717) is 29.6 Å². The summed E-state index contributed by atoms with van der Waals surface area (Å²) in [4.78, 5) is 12.8. The molecule has 26 heavy (non-hydrogen) atoms. The number of nitrogens with zero attached hydrogens (tertiary/aromatic N) is 3. The number of aldehydes is 1. The van der Waals surface area contributed by atoms with Crippen LogP contribution in [0.4, 0.5) is 14.5 Å². The van der Waals surface area contributed by atoms with Crippen LogP contribution in [0.1, 0.15) is 37.8 Å². The maximum atomic E-state index is 13.8. The highest BCUT2D eigenvalue weighted by Gasteiger charge is 2.35. The number of fused-ring (bicyclic) bond motifs is 1. The third kappa shape index (κ3) is 2.95. The van der Waals surface area contributed by atoms with E-state index < -0.39 is 12.4 Å². The van der Waals surface area contributed by atoms with Crippen LogP contribution in [0.3, 0.4) is 0 Å². The van der Waals surface area contributed by atoms with Gasteiger partial charge in [0.25, 0.3) is 0 Å². The van der Waals surface area contributed by atoms with E-state index >= 15 is 0 Å². The molecular weight excluding hydrogens is 340 g/mol. The minimum Gasteiger partial charge on any atom is -0.426 e. The van der Waals surface area contributed by atoms with Crippen LogP contribution in [-0.4, -0.2) is 35.3 Å². The van der Waals surface area contributed by atoms with Gasteiger partial charge in [-0.05, 0) is 44.7 Å². The van der Waals surface area contributed by atoms with Crippen LogP contribution in [-0.2, 0) is 11.2 Å². The summed E-state index contributed by atoms with van der Waals surface area (Å²) in [7, 11) is 1.94. The molecule has 7 heteroatoms. The first-order valence-electron chi connectivity index (χ1n) is 8.86. The van der Waals surface area contributed by atoms with Crippen LogP contribution in [0.2, 0.25) is 0 Å². The molecule has 0 saturated heterocycles. The second-order valence-electron chi connectivity index (χ2n) is 7.16. The average molecular weight is 361 g/mol. The zero-order chi connectivity index (χ0) is 18.5. The zero-order valence-electron chi connectivity index (χ0n) is 14.8. The van der Waals surface area contributed by atoms with Crippen molar-refractivity contribution >= 4 is 12.0 Å². The summed E-state index contributed by atoms with van der Waals surface area (Å²) in [5.74, 6) is 0.0775. The van der Waals surface area contributed by atoms with E-state index in [1.165, 1.54) is 0 Å². The Bertz CT molecular complexity index is 845. The molecule has 1 atom stereocenters. The third-order valence-electron chi connectivity index (χ3n) is 5.30. The van der Waals surface area contributed by atoms with Crippen molar-refractivity contribution < 1.29 is 18.3 Å². The second kappa shape index (κ2) is 6.07. The van der Waals surface area contributed by atoms with Gasteiger partial charge < -0.3 is 9.64 Å². The molecule has 1 unspecified atom stereocenters. The molecule has 5 nitrogen and oxygen atoms in total. The molecule has 4 rings (SSSR count). The molecule has 0 radical (unpaired) electrons. The molecule has 1 saturated carbocycles. The smallest absolute Gasteiger partial charge is 0.426 e. The Morgan fingerprint density at radius 1 is 1.31 bits per heavy atom. The lowest BCUT2D eigenvalue weighted by Gasteiger charge is -2.35. The lowest BCUT2D eigenvalue weighted by Crippen LogP contribution is -2.34. The van der Waals surface area contributed by atoms with Gasteiger partial charge in [-0.3, -0.25) is 9.48 Å². The van der Waals surface area contributed by atoms with Crippen molar-refractivity contribution in [3.05, 3.63) is 30.1 Å². The van der Waals surface area contributed by atoms with Gasteiger partial charge in [0.1, 0.15) is 5.75 Å². The average Bonchev–Trinajstić information content (AvgIpc) is 3.36. The van der Waals surface area contributed by atoms with Gasteiger partial charge in [-0.1, -0.05) is 0 Å². The number of carbonyl (C=O) groups excluding carboxylic acids is 1. The largest absolute Gasteiger partial charge is 0.457 e. The van der Waals surface area contributed by atoms with Crippen molar-refractivity contribution in [3.63, 3.8) is 0 Å². The van der Waals surface area contributed by atoms with Gasteiger partial charge in [0.2, 0.25) is 6.29 Å². The van der Waals surface area contributed by atoms with Crippen LogP contribution >= 0.6 is 0 Å². The molecule has 0 spiro atoms. The first-order valence-corrected chi connectivity index (χ1v) is 8.86. The normalized spacial score (nSPS) is 20.0. The van der Waals surface area contributed by atoms with E-state index in [2.05, 4.69) is 16.9 Å². The monoisotopic (exact) mass is 361 g/mol. The van der Waals surface area contributed by atoms with Crippen molar-refractivity contribution in [1.29, 1.82) is 0 Å². The predicted molar refractivity (Wildman–Crippen MR) is 93.8 cm³/mol. The summed E-state index contributed by atoms with van der Waals surface area (Å²) < 4.78 is 34.4. The van der Waals surface area contributed by atoms with E-state index in [4.69, 9.17) is 4.74 Å². The highest BCUT2D eigenvalue weighted by molar-refractivity contribution is 5.78. The summed E-state index contributed by atoms with van der Waals surface area (Å²) >= 11 is 0. The number of ether oxygens (including phenoxy) is 1. The Morgan fingerprint density at radius 3 is 2.77 bits per heavy atom. The fourth-order valence-electron chi connectivity index (χ4n) is 3.49. The molecule has 2 aliphatic rings. The first-order chi connectivity index (χ1) is 12.4. The summed E-state index contributed by atoms with van der Waals surface area (Å²) in [6.45, 7) is 2.09. The number of carbonyl (C=O) groups is 1. The molecule has 138 valence electrons. The topological polar surface area (TPSA) is 47.4 Å². The number of halogens is 2. The van der Waals surface area contributed by atoms with Crippen molar-refractivity contribution in [3.8, 4) is 16.9 Å². The number of alkyl halides is 2. The van der Waals surface area contributed by atoms with Gasteiger partial charge >= 0.3 is 6.11 Å². The SMILES string of the molecule is CC1CCc2c(ccc(-c3cnn(C4CC4)c3)c2OC(F)(F)C=O)N1C. The standard InChI is InChI=1S/C19H21F2N3O2/c1-12-3-6-16-17(23(12)2)8-7-15(18(16)26-19(20,21)11-25)13-9-22-24(10-13)14-4-5-14/h7-12,14H,3-6H2,1-2H3. The third-order valence-corrected chi connectivity index (χ3v) is 5.30. The minimum absolute atomic E-state index is 0.0775. The highest BCUT2D eigenvalue weighted by Crippen LogP contribution is 2.44. The number of hydrogen-bond donors (Lipinski definition) is 0. The number of hydrogen-bond acceptors (Lipinski definition) is 4. The lowest BCUT2D eigenvalue weighted by molar-refractivity contribution is -0.176. The van der Waals surface area contributed by atoms with Gasteiger partial charge in [0.05, 0.1) is 12.2 Å². The van der Waals surface area contributed by atoms with Crippen molar-refractivity contribution in [2.45, 2.75) is 50.8 Å². The fourth-order valence-corrected chi connectivity index (χ4v) is 3.49. The van der Waals surface area contributed by atoms with Crippen LogP contribution in [0.5, 0.6) is 5.75 Å². The van der Waals surface area contributed by atoms with Crippen molar-refractivity contribution in [1.82, 2.24) is 9.78 Å². The van der Waals surface area contributed by atoms with Gasteiger partial charge in [-0.2, -0.15) is 13.9 Å². The molecule has 1 aliphatic heterocycles. The van der Waals surface area contributed by atoms with E-state index in [0.717, 1.165) is 30.5 Å². The molecule has 1 aliphatic carbocycles. The maximum absolute atomic E-state index is 13.8. The van der Waals surface area contributed by atoms with Gasteiger partial charge in [-0.15, -0.1) is 0 Å². The van der Waals surface area contributed by atoms with E-state index in [1.807, 2.05) is 24.0 Å². The maximum Gasteiger partial charge on any atom is 0.457 e. The number of rotatable bonds is 5. The summed E-state index contributed by atoms with van der Waals surface area (Å²) in [6.07, 6.45) is 2.83. The van der Waals surface area contributed by atoms with E-state index in [9.17, 15) is 13.6 Å². The molecule has 1 aromatic carbocycles. The Hall–Kier alpha value is -2.44. The van der Waals surface area contributed by atoms with E-state index in [-0.39, 0.29) is 5.75 Å². The van der Waals surface area contributed by atoms with Crippen molar-refractivity contribution in [2.24, 2.45) is 0 Å². The highest BCUT2D eigenvalue weighted by atomic mass is 19.3. The number of aromatic nitrogens is 2. The Balaban J connectivity index is 1.83. The molecule has 2 heterocycles. The molecule has 0 bridgehead atoms.